The molecule has 0 atom stereocenters. The Kier molecular flexibility index (Phi) is 4.71. The number of amides is 3. The molecule has 0 aliphatic heterocycles. The summed E-state index contributed by atoms with van der Waals surface area (Å²) in [6.45, 7) is 6.30. The highest BCUT2D eigenvalue weighted by atomic mass is 16.2. The molecule has 21 heavy (non-hydrogen) atoms. The highest BCUT2D eigenvalue weighted by Crippen LogP contribution is 2.10. The number of nitrogens with zero attached hydrogens (tertiary/aromatic N) is 2. The fourth-order valence-electron chi connectivity index (χ4n) is 2.08. The van der Waals surface area contributed by atoms with Gasteiger partial charge in [0.1, 0.15) is 0 Å². The zero-order chi connectivity index (χ0) is 15.2. The van der Waals surface area contributed by atoms with Gasteiger partial charge in [-0.15, -0.1) is 0 Å². The Morgan fingerprint density at radius 3 is 2.86 bits per heavy atom. The summed E-state index contributed by atoms with van der Waals surface area (Å²) in [6, 6.07) is 7.22. The Balaban J connectivity index is 2.11. The first kappa shape index (κ1) is 14.8. The molecule has 0 unspecified atom stereocenters. The van der Waals surface area contributed by atoms with Crippen molar-refractivity contribution < 1.29 is 14.2 Å². The topological polar surface area (TPSA) is 67.0 Å². The Bertz CT molecular complexity index is 675. The molecule has 0 saturated carbocycles. The second-order valence-corrected chi connectivity index (χ2v) is 4.63. The number of hydrogen-bond donors (Lipinski definition) is 2. The van der Waals surface area contributed by atoms with E-state index in [0.717, 1.165) is 17.5 Å². The van der Waals surface area contributed by atoms with Gasteiger partial charge in [-0.05, 0) is 18.6 Å². The lowest BCUT2D eigenvalue weighted by atomic mass is 10.3. The molecule has 0 aliphatic carbocycles. The highest BCUT2D eigenvalue weighted by Gasteiger charge is 2.17. The first-order valence-electron chi connectivity index (χ1n) is 6.85. The minimum Gasteiger partial charge on any atom is -0.338 e. The van der Waals surface area contributed by atoms with Crippen LogP contribution in [0.1, 0.15) is 13.3 Å². The average molecular weight is 287 g/mol. The fraction of sp³-hybridized carbons (Fsp3) is 0.267. The van der Waals surface area contributed by atoms with Crippen molar-refractivity contribution >= 4 is 29.2 Å². The van der Waals surface area contributed by atoms with Crippen LogP contribution in [-0.4, -0.2) is 23.1 Å². The van der Waals surface area contributed by atoms with Crippen molar-refractivity contribution in [2.24, 2.45) is 0 Å². The van der Waals surface area contributed by atoms with Crippen LogP contribution in [0.15, 0.2) is 37.2 Å². The predicted octanol–water partition coefficient (Wildman–Crippen LogP) is 1.27. The van der Waals surface area contributed by atoms with E-state index in [-0.39, 0.29) is 12.5 Å². The lowest BCUT2D eigenvalue weighted by Gasteiger charge is -2.04. The van der Waals surface area contributed by atoms with Crippen molar-refractivity contribution in [2.45, 2.75) is 19.9 Å². The standard InChI is InChI=1S/C15H18N4O2/c1-3-9-16-15(21)17-14(20)10-19-11-18(4-2)12-7-5-6-8-13(12)19/h4-8,11H,2-3,9-10H2,1H3,(H-,16,17,20,21)/p+1. The van der Waals surface area contributed by atoms with Crippen LogP contribution in [0.2, 0.25) is 0 Å². The molecule has 6 nitrogen and oxygen atoms in total. The molecular formula is C15H19N4O2+. The fourth-order valence-corrected chi connectivity index (χ4v) is 2.08. The van der Waals surface area contributed by atoms with Gasteiger partial charge in [0.05, 0.1) is 6.20 Å². The van der Waals surface area contributed by atoms with E-state index < -0.39 is 6.03 Å². The highest BCUT2D eigenvalue weighted by molar-refractivity contribution is 5.93. The van der Waals surface area contributed by atoms with Gasteiger partial charge < -0.3 is 5.32 Å². The molecule has 1 aromatic heterocycles. The summed E-state index contributed by atoms with van der Waals surface area (Å²) < 4.78 is 3.61. The van der Waals surface area contributed by atoms with E-state index in [1.54, 1.807) is 17.1 Å². The second kappa shape index (κ2) is 6.69. The summed E-state index contributed by atoms with van der Waals surface area (Å²) in [5.74, 6) is -0.361. The number of para-hydroxylation sites is 2. The summed E-state index contributed by atoms with van der Waals surface area (Å²) in [5, 5.41) is 4.91. The number of hydrogen-bond acceptors (Lipinski definition) is 2. The number of urea groups is 1. The molecule has 0 radical (unpaired) electrons. The van der Waals surface area contributed by atoms with E-state index in [1.807, 2.05) is 35.8 Å². The number of rotatable bonds is 5. The normalized spacial score (nSPS) is 10.3. The average Bonchev–Trinajstić information content (AvgIpc) is 2.83. The SMILES string of the molecule is C=Cn1c[n+](CC(=O)NC(=O)NCCC)c2ccccc21. The molecule has 0 bridgehead atoms. The molecule has 0 aliphatic rings. The molecule has 2 N–H and O–H groups in total. The van der Waals surface area contributed by atoms with Crippen molar-refractivity contribution in [3.05, 3.63) is 37.2 Å². The molecule has 2 rings (SSSR count). The maximum absolute atomic E-state index is 11.9. The number of fused-ring (bicyclic) bond motifs is 1. The third-order valence-electron chi connectivity index (χ3n) is 3.03. The number of nitrogens with one attached hydrogen (secondary N) is 2. The van der Waals surface area contributed by atoms with Gasteiger partial charge in [-0.1, -0.05) is 25.6 Å². The molecule has 6 heteroatoms. The van der Waals surface area contributed by atoms with Gasteiger partial charge in [0, 0.05) is 6.54 Å². The van der Waals surface area contributed by atoms with Crippen molar-refractivity contribution in [2.75, 3.05) is 6.54 Å². The Hall–Kier alpha value is -2.63. The Labute approximate surface area is 123 Å². The van der Waals surface area contributed by atoms with Gasteiger partial charge in [-0.2, -0.15) is 0 Å². The van der Waals surface area contributed by atoms with Gasteiger partial charge in [0.2, 0.25) is 6.33 Å². The van der Waals surface area contributed by atoms with Crippen LogP contribution in [0.4, 0.5) is 4.79 Å². The molecule has 3 amide bonds. The zero-order valence-corrected chi connectivity index (χ0v) is 12.0. The smallest absolute Gasteiger partial charge is 0.321 e. The third kappa shape index (κ3) is 3.47. The number of imidazole rings is 1. The van der Waals surface area contributed by atoms with Gasteiger partial charge in [-0.3, -0.25) is 10.1 Å². The van der Waals surface area contributed by atoms with Crippen LogP contribution in [0.5, 0.6) is 0 Å². The van der Waals surface area contributed by atoms with Crippen LogP contribution in [0, 0.1) is 0 Å². The zero-order valence-electron chi connectivity index (χ0n) is 12.0. The van der Waals surface area contributed by atoms with Crippen molar-refractivity contribution in [1.82, 2.24) is 15.2 Å². The van der Waals surface area contributed by atoms with Crippen molar-refractivity contribution in [3.63, 3.8) is 0 Å². The summed E-state index contributed by atoms with van der Waals surface area (Å²) in [4.78, 5) is 23.4. The minimum atomic E-state index is -0.463. The number of aromatic nitrogens is 2. The lowest BCUT2D eigenvalue weighted by molar-refractivity contribution is -0.658. The summed E-state index contributed by atoms with van der Waals surface area (Å²) in [6.07, 6.45) is 4.27. The van der Waals surface area contributed by atoms with E-state index in [2.05, 4.69) is 17.2 Å². The van der Waals surface area contributed by atoms with Crippen LogP contribution in [0.3, 0.4) is 0 Å². The number of carbonyl (C=O) groups is 2. The Morgan fingerprint density at radius 2 is 2.14 bits per heavy atom. The largest absolute Gasteiger partial charge is 0.338 e. The van der Waals surface area contributed by atoms with Crippen LogP contribution in [-0.2, 0) is 11.3 Å². The van der Waals surface area contributed by atoms with Gasteiger partial charge in [0.25, 0.3) is 5.91 Å². The van der Waals surface area contributed by atoms with Crippen LogP contribution < -0.4 is 15.2 Å². The van der Waals surface area contributed by atoms with Gasteiger partial charge in [-0.25, -0.2) is 13.9 Å². The first-order valence-corrected chi connectivity index (χ1v) is 6.85. The van der Waals surface area contributed by atoms with E-state index in [4.69, 9.17) is 0 Å². The predicted molar refractivity (Wildman–Crippen MR) is 80.4 cm³/mol. The van der Waals surface area contributed by atoms with Crippen LogP contribution >= 0.6 is 0 Å². The quantitative estimate of drug-likeness (QED) is 0.813. The molecule has 2 aromatic rings. The summed E-state index contributed by atoms with van der Waals surface area (Å²) in [5.41, 5.74) is 1.86. The molecule has 0 saturated heterocycles. The number of benzene rings is 1. The second-order valence-electron chi connectivity index (χ2n) is 4.63. The van der Waals surface area contributed by atoms with Crippen LogP contribution in [0.25, 0.3) is 17.2 Å². The van der Waals surface area contributed by atoms with Gasteiger partial charge >= 0.3 is 6.03 Å². The van der Waals surface area contributed by atoms with E-state index in [1.165, 1.54) is 0 Å². The number of carbonyl (C=O) groups excluding carboxylic acids is 2. The summed E-state index contributed by atoms with van der Waals surface area (Å²) in [7, 11) is 0. The lowest BCUT2D eigenvalue weighted by Crippen LogP contribution is -2.47. The molecule has 1 aromatic carbocycles. The molecule has 110 valence electrons. The van der Waals surface area contributed by atoms with Crippen molar-refractivity contribution in [1.29, 1.82) is 0 Å². The maximum Gasteiger partial charge on any atom is 0.321 e. The molecule has 1 heterocycles. The van der Waals surface area contributed by atoms with Crippen molar-refractivity contribution in [3.8, 4) is 0 Å². The van der Waals surface area contributed by atoms with E-state index in [9.17, 15) is 9.59 Å². The maximum atomic E-state index is 11.9. The van der Waals surface area contributed by atoms with Gasteiger partial charge in [0.15, 0.2) is 17.6 Å². The molecule has 0 fully saturated rings. The molecule has 0 spiro atoms. The van der Waals surface area contributed by atoms with E-state index in [0.29, 0.717) is 6.54 Å². The number of imide groups is 1. The molecular weight excluding hydrogens is 268 g/mol. The monoisotopic (exact) mass is 287 g/mol. The summed E-state index contributed by atoms with van der Waals surface area (Å²) >= 11 is 0. The first-order chi connectivity index (χ1) is 10.2. The Morgan fingerprint density at radius 1 is 1.38 bits per heavy atom. The minimum absolute atomic E-state index is 0.0703. The van der Waals surface area contributed by atoms with E-state index >= 15 is 0 Å². The third-order valence-corrected chi connectivity index (χ3v) is 3.03.